The second-order valence-corrected chi connectivity index (χ2v) is 5.56. The number of thiazole rings is 1. The van der Waals surface area contributed by atoms with E-state index in [1.807, 2.05) is 7.05 Å². The molecular formula is C12H18N2O3S. The van der Waals surface area contributed by atoms with Gasteiger partial charge in [0.05, 0.1) is 12.3 Å². The number of carbonyl (C=O) groups is 1. The summed E-state index contributed by atoms with van der Waals surface area (Å²) in [6, 6.07) is 0. The summed E-state index contributed by atoms with van der Waals surface area (Å²) in [4.78, 5) is 16.8. The Morgan fingerprint density at radius 3 is 3.06 bits per heavy atom. The lowest BCUT2D eigenvalue weighted by molar-refractivity contribution is 0.0695. The molecule has 1 aliphatic rings. The van der Waals surface area contributed by atoms with Gasteiger partial charge in [0.2, 0.25) is 5.01 Å². The summed E-state index contributed by atoms with van der Waals surface area (Å²) in [6.45, 7) is 3.11. The molecule has 18 heavy (non-hydrogen) atoms. The molecule has 1 aliphatic carbocycles. The highest BCUT2D eigenvalue weighted by Gasteiger charge is 2.21. The van der Waals surface area contributed by atoms with Crippen LogP contribution in [0.15, 0.2) is 5.38 Å². The molecule has 5 nitrogen and oxygen atoms in total. The molecule has 1 aromatic heterocycles. The number of carboxylic acid groups (broad SMARTS) is 1. The van der Waals surface area contributed by atoms with Crippen LogP contribution in [0.3, 0.4) is 0 Å². The Bertz CT molecular complexity index is 404. The lowest BCUT2D eigenvalue weighted by Crippen LogP contribution is -2.23. The molecule has 100 valence electrons. The van der Waals surface area contributed by atoms with Crippen molar-refractivity contribution in [2.75, 3.05) is 26.8 Å². The van der Waals surface area contributed by atoms with E-state index in [-0.39, 0.29) is 5.01 Å². The number of aromatic nitrogens is 1. The fraction of sp³-hybridized carbons (Fsp3) is 0.667. The first kappa shape index (κ1) is 13.5. The van der Waals surface area contributed by atoms with Crippen LogP contribution in [0.5, 0.6) is 0 Å². The lowest BCUT2D eigenvalue weighted by atomic mass is 10.4. The highest BCUT2D eigenvalue weighted by molar-refractivity contribution is 7.11. The number of carboxylic acids is 1. The minimum absolute atomic E-state index is 0.156. The summed E-state index contributed by atoms with van der Waals surface area (Å²) in [5.74, 6) is -0.159. The Morgan fingerprint density at radius 1 is 1.67 bits per heavy atom. The van der Waals surface area contributed by atoms with Gasteiger partial charge in [-0.25, -0.2) is 9.78 Å². The van der Waals surface area contributed by atoms with Gasteiger partial charge in [-0.05, 0) is 25.8 Å². The molecule has 6 heteroatoms. The third kappa shape index (κ3) is 4.36. The van der Waals surface area contributed by atoms with E-state index in [2.05, 4.69) is 9.88 Å². The molecule has 1 saturated carbocycles. The van der Waals surface area contributed by atoms with Crippen molar-refractivity contribution in [1.82, 2.24) is 9.88 Å². The first-order valence-corrected chi connectivity index (χ1v) is 6.97. The molecule has 0 bridgehead atoms. The Morgan fingerprint density at radius 2 is 2.44 bits per heavy atom. The maximum atomic E-state index is 10.7. The zero-order chi connectivity index (χ0) is 13.0. The van der Waals surface area contributed by atoms with Crippen molar-refractivity contribution in [3.8, 4) is 0 Å². The molecule has 0 aromatic carbocycles. The van der Waals surface area contributed by atoms with Crippen LogP contribution in [0.4, 0.5) is 0 Å². The fourth-order valence-electron chi connectivity index (χ4n) is 1.59. The van der Waals surface area contributed by atoms with E-state index < -0.39 is 5.97 Å². The first-order chi connectivity index (χ1) is 8.65. The topological polar surface area (TPSA) is 62.7 Å². The largest absolute Gasteiger partial charge is 0.476 e. The Balaban J connectivity index is 1.65. The van der Waals surface area contributed by atoms with Gasteiger partial charge in [0.15, 0.2) is 0 Å². The Kier molecular flexibility index (Phi) is 4.68. The monoisotopic (exact) mass is 270 g/mol. The number of likely N-dealkylation sites (N-methyl/N-ethyl adjacent to an activating group) is 1. The number of rotatable bonds is 8. The average Bonchev–Trinajstić information content (AvgIpc) is 3.03. The summed E-state index contributed by atoms with van der Waals surface area (Å²) in [6.07, 6.45) is 2.62. The minimum Gasteiger partial charge on any atom is -0.476 e. The van der Waals surface area contributed by atoms with Gasteiger partial charge in [-0.2, -0.15) is 0 Å². The van der Waals surface area contributed by atoms with Gasteiger partial charge in [-0.1, -0.05) is 0 Å². The quantitative estimate of drug-likeness (QED) is 0.728. The molecule has 0 aliphatic heterocycles. The standard InChI is InChI=1S/C12H18N2O3S/c1-14(4-5-17-7-9-2-3-9)6-10-8-18-11(13-10)12(15)16/h8-9H,2-7H2,1H3,(H,15,16). The number of hydrogen-bond acceptors (Lipinski definition) is 5. The molecule has 0 saturated heterocycles. The van der Waals surface area contributed by atoms with Gasteiger partial charge in [0, 0.05) is 25.1 Å². The van der Waals surface area contributed by atoms with Gasteiger partial charge in [-0.3, -0.25) is 4.90 Å². The predicted octanol–water partition coefficient (Wildman–Crippen LogP) is 1.70. The van der Waals surface area contributed by atoms with Crippen molar-refractivity contribution in [2.45, 2.75) is 19.4 Å². The van der Waals surface area contributed by atoms with Crippen LogP contribution in [-0.2, 0) is 11.3 Å². The van der Waals surface area contributed by atoms with E-state index in [4.69, 9.17) is 9.84 Å². The zero-order valence-corrected chi connectivity index (χ0v) is 11.3. The number of hydrogen-bond donors (Lipinski definition) is 1. The Labute approximate surface area is 110 Å². The van der Waals surface area contributed by atoms with Crippen molar-refractivity contribution < 1.29 is 14.6 Å². The van der Waals surface area contributed by atoms with Crippen LogP contribution in [-0.4, -0.2) is 47.8 Å². The highest BCUT2D eigenvalue weighted by atomic mass is 32.1. The van der Waals surface area contributed by atoms with E-state index >= 15 is 0 Å². The SMILES string of the molecule is CN(CCOCC1CC1)Cc1csc(C(=O)O)n1. The van der Waals surface area contributed by atoms with Crippen LogP contribution >= 0.6 is 11.3 Å². The van der Waals surface area contributed by atoms with Crippen LogP contribution in [0.25, 0.3) is 0 Å². The fourth-order valence-corrected chi connectivity index (χ4v) is 2.23. The second-order valence-electron chi connectivity index (χ2n) is 4.71. The number of nitrogens with zero attached hydrogens (tertiary/aromatic N) is 2. The van der Waals surface area contributed by atoms with Crippen LogP contribution < -0.4 is 0 Å². The van der Waals surface area contributed by atoms with Crippen LogP contribution in [0.2, 0.25) is 0 Å². The molecule has 0 unspecified atom stereocenters. The third-order valence-corrected chi connectivity index (χ3v) is 3.71. The molecule has 1 fully saturated rings. The van der Waals surface area contributed by atoms with Crippen LogP contribution in [0, 0.1) is 5.92 Å². The smallest absolute Gasteiger partial charge is 0.365 e. The molecule has 0 amide bonds. The van der Waals surface area contributed by atoms with E-state index in [9.17, 15) is 4.79 Å². The van der Waals surface area contributed by atoms with Crippen molar-refractivity contribution in [3.63, 3.8) is 0 Å². The maximum Gasteiger partial charge on any atom is 0.365 e. The molecule has 2 rings (SSSR count). The maximum absolute atomic E-state index is 10.7. The lowest BCUT2D eigenvalue weighted by Gasteiger charge is -2.15. The zero-order valence-electron chi connectivity index (χ0n) is 10.5. The summed E-state index contributed by atoms with van der Waals surface area (Å²) in [7, 11) is 1.99. The van der Waals surface area contributed by atoms with Crippen molar-refractivity contribution in [1.29, 1.82) is 0 Å². The van der Waals surface area contributed by atoms with Crippen molar-refractivity contribution in [3.05, 3.63) is 16.1 Å². The minimum atomic E-state index is -0.957. The average molecular weight is 270 g/mol. The predicted molar refractivity (Wildman–Crippen MR) is 69.0 cm³/mol. The second kappa shape index (κ2) is 6.26. The van der Waals surface area contributed by atoms with Gasteiger partial charge in [0.25, 0.3) is 0 Å². The van der Waals surface area contributed by atoms with E-state index in [0.717, 1.165) is 31.4 Å². The first-order valence-electron chi connectivity index (χ1n) is 6.09. The van der Waals surface area contributed by atoms with Crippen molar-refractivity contribution >= 4 is 17.3 Å². The van der Waals surface area contributed by atoms with E-state index in [1.165, 1.54) is 24.2 Å². The van der Waals surface area contributed by atoms with E-state index in [1.54, 1.807) is 5.38 Å². The van der Waals surface area contributed by atoms with Gasteiger partial charge < -0.3 is 9.84 Å². The molecule has 1 heterocycles. The summed E-state index contributed by atoms with van der Waals surface area (Å²) in [5.41, 5.74) is 0.807. The number of aromatic carboxylic acids is 1. The van der Waals surface area contributed by atoms with Gasteiger partial charge in [-0.15, -0.1) is 11.3 Å². The molecule has 0 radical (unpaired) electrons. The molecule has 0 atom stereocenters. The summed E-state index contributed by atoms with van der Waals surface area (Å²) in [5, 5.41) is 10.7. The normalized spacial score (nSPS) is 15.2. The number of ether oxygens (including phenoxy) is 1. The summed E-state index contributed by atoms with van der Waals surface area (Å²) >= 11 is 1.17. The molecular weight excluding hydrogens is 252 g/mol. The van der Waals surface area contributed by atoms with E-state index in [0.29, 0.717) is 6.54 Å². The highest BCUT2D eigenvalue weighted by Crippen LogP contribution is 2.28. The van der Waals surface area contributed by atoms with Crippen LogP contribution in [0.1, 0.15) is 28.3 Å². The van der Waals surface area contributed by atoms with Gasteiger partial charge in [0.1, 0.15) is 0 Å². The van der Waals surface area contributed by atoms with Crippen molar-refractivity contribution in [2.24, 2.45) is 5.92 Å². The van der Waals surface area contributed by atoms with Gasteiger partial charge >= 0.3 is 5.97 Å². The molecule has 1 aromatic rings. The summed E-state index contributed by atoms with van der Waals surface area (Å²) < 4.78 is 5.56. The molecule has 0 spiro atoms. The Hall–Kier alpha value is -0.980. The molecule has 1 N–H and O–H groups in total. The third-order valence-electron chi connectivity index (χ3n) is 2.83.